The molecule has 0 amide bonds. The van der Waals surface area contributed by atoms with Gasteiger partial charge in [-0.15, -0.1) is 0 Å². The third-order valence-electron chi connectivity index (χ3n) is 2.40. The molecule has 2 nitrogen and oxygen atoms in total. The summed E-state index contributed by atoms with van der Waals surface area (Å²) < 4.78 is 14.9. The van der Waals surface area contributed by atoms with Gasteiger partial charge in [0.15, 0.2) is 0 Å². The average molecular weight is 239 g/mol. The zero-order chi connectivity index (χ0) is 11.7. The Kier molecular flexibility index (Phi) is 2.97. The van der Waals surface area contributed by atoms with Crippen LogP contribution in [-0.2, 0) is 0 Å². The summed E-state index contributed by atoms with van der Waals surface area (Å²) in [5, 5.41) is 0.383. The fourth-order valence-corrected chi connectivity index (χ4v) is 1.86. The van der Waals surface area contributed by atoms with Gasteiger partial charge in [0, 0.05) is 24.0 Å². The number of rotatable bonds is 2. The van der Waals surface area contributed by atoms with E-state index in [1.165, 1.54) is 12.1 Å². The van der Waals surface area contributed by atoms with Crippen LogP contribution in [0.15, 0.2) is 30.6 Å². The van der Waals surface area contributed by atoms with Crippen molar-refractivity contribution in [2.24, 2.45) is 0 Å². The molecule has 0 aliphatic rings. The van der Waals surface area contributed by atoms with E-state index in [9.17, 15) is 4.39 Å². The predicted molar refractivity (Wildman–Crippen MR) is 63.0 cm³/mol. The van der Waals surface area contributed by atoms with Crippen molar-refractivity contribution >= 4 is 11.6 Å². The van der Waals surface area contributed by atoms with E-state index in [4.69, 9.17) is 11.6 Å². The summed E-state index contributed by atoms with van der Waals surface area (Å²) in [6.07, 6.45) is 3.61. The third kappa shape index (κ3) is 1.95. The summed E-state index contributed by atoms with van der Waals surface area (Å²) in [4.78, 5) is 4.25. The lowest BCUT2D eigenvalue weighted by Gasteiger charge is -2.12. The molecule has 0 fully saturated rings. The Bertz CT molecular complexity index is 505. The summed E-state index contributed by atoms with van der Waals surface area (Å²) in [7, 11) is 0. The topological polar surface area (TPSA) is 17.8 Å². The molecule has 0 N–H and O–H groups in total. The van der Waals surface area contributed by atoms with Crippen molar-refractivity contribution in [1.82, 2.24) is 9.55 Å². The second kappa shape index (κ2) is 4.26. The van der Waals surface area contributed by atoms with Crippen molar-refractivity contribution in [2.75, 3.05) is 0 Å². The van der Waals surface area contributed by atoms with Crippen molar-refractivity contribution in [1.29, 1.82) is 0 Å². The summed E-state index contributed by atoms with van der Waals surface area (Å²) in [5.74, 6) is 0.427. The van der Waals surface area contributed by atoms with Gasteiger partial charge >= 0.3 is 0 Å². The van der Waals surface area contributed by atoms with E-state index in [2.05, 4.69) is 18.8 Å². The van der Waals surface area contributed by atoms with Gasteiger partial charge in [0.2, 0.25) is 0 Å². The molecule has 0 bridgehead atoms. The van der Waals surface area contributed by atoms with Gasteiger partial charge in [0.1, 0.15) is 11.6 Å². The maximum Gasteiger partial charge on any atom is 0.141 e. The van der Waals surface area contributed by atoms with Gasteiger partial charge < -0.3 is 4.57 Å². The standard InChI is InChI=1S/C12H12ClFN2/c1-8(2)16-6-5-15-12(16)10-4-3-9(14)7-11(10)13/h3-8H,1-2H3. The SMILES string of the molecule is CC(C)n1ccnc1-c1ccc(F)cc1Cl. The minimum Gasteiger partial charge on any atom is -0.328 e. The number of benzene rings is 1. The number of imidazole rings is 1. The third-order valence-corrected chi connectivity index (χ3v) is 2.71. The van der Waals surface area contributed by atoms with Crippen LogP contribution < -0.4 is 0 Å². The molecule has 0 spiro atoms. The predicted octanol–water partition coefficient (Wildman–Crippen LogP) is 3.92. The zero-order valence-corrected chi connectivity index (χ0v) is 9.87. The lowest BCUT2D eigenvalue weighted by molar-refractivity contribution is 0.606. The molecular formula is C12H12ClFN2. The highest BCUT2D eigenvalue weighted by Crippen LogP contribution is 2.28. The van der Waals surface area contributed by atoms with Crippen LogP contribution in [0.2, 0.25) is 5.02 Å². The van der Waals surface area contributed by atoms with Crippen LogP contribution in [0.4, 0.5) is 4.39 Å². The molecule has 2 aromatic rings. The summed E-state index contributed by atoms with van der Waals surface area (Å²) >= 11 is 6.00. The Hall–Kier alpha value is -1.35. The fraction of sp³-hybridized carbons (Fsp3) is 0.250. The van der Waals surface area contributed by atoms with Gasteiger partial charge in [-0.05, 0) is 32.0 Å². The smallest absolute Gasteiger partial charge is 0.141 e. The highest BCUT2D eigenvalue weighted by molar-refractivity contribution is 6.33. The van der Waals surface area contributed by atoms with E-state index in [1.807, 2.05) is 10.8 Å². The van der Waals surface area contributed by atoms with Gasteiger partial charge in [-0.25, -0.2) is 9.37 Å². The van der Waals surface area contributed by atoms with Crippen LogP contribution in [-0.4, -0.2) is 9.55 Å². The first-order chi connectivity index (χ1) is 7.59. The molecule has 1 aromatic heterocycles. The van der Waals surface area contributed by atoms with E-state index in [0.717, 1.165) is 11.4 Å². The fourth-order valence-electron chi connectivity index (χ4n) is 1.61. The van der Waals surface area contributed by atoms with Gasteiger partial charge in [0.25, 0.3) is 0 Å². The Balaban J connectivity index is 2.54. The Morgan fingerprint density at radius 3 is 2.75 bits per heavy atom. The molecule has 0 saturated heterocycles. The first kappa shape index (κ1) is 11.1. The maximum absolute atomic E-state index is 12.9. The molecule has 0 aliphatic carbocycles. The van der Waals surface area contributed by atoms with Crippen LogP contribution in [0, 0.1) is 5.82 Å². The molecule has 0 saturated carbocycles. The van der Waals surface area contributed by atoms with Crippen molar-refractivity contribution in [2.45, 2.75) is 19.9 Å². The Morgan fingerprint density at radius 1 is 1.38 bits per heavy atom. The maximum atomic E-state index is 12.9. The first-order valence-corrected chi connectivity index (χ1v) is 5.45. The van der Waals surface area contributed by atoms with Crippen molar-refractivity contribution in [3.63, 3.8) is 0 Å². The van der Waals surface area contributed by atoms with E-state index >= 15 is 0 Å². The number of hydrogen-bond donors (Lipinski definition) is 0. The number of nitrogens with zero attached hydrogens (tertiary/aromatic N) is 2. The Labute approximate surface area is 98.7 Å². The molecule has 0 atom stereocenters. The monoisotopic (exact) mass is 238 g/mol. The van der Waals surface area contributed by atoms with E-state index < -0.39 is 0 Å². The molecule has 4 heteroatoms. The minimum absolute atomic E-state index is 0.290. The van der Waals surface area contributed by atoms with E-state index in [1.54, 1.807) is 12.3 Å². The van der Waals surface area contributed by atoms with Crippen LogP contribution in [0.3, 0.4) is 0 Å². The lowest BCUT2D eigenvalue weighted by atomic mass is 10.2. The van der Waals surface area contributed by atoms with Crippen molar-refractivity contribution in [3.05, 3.63) is 41.4 Å². The van der Waals surface area contributed by atoms with Gasteiger partial charge in [0.05, 0.1) is 5.02 Å². The van der Waals surface area contributed by atoms with Crippen molar-refractivity contribution in [3.8, 4) is 11.4 Å². The van der Waals surface area contributed by atoms with Crippen LogP contribution in [0.25, 0.3) is 11.4 Å². The summed E-state index contributed by atoms with van der Waals surface area (Å²) in [5.41, 5.74) is 0.752. The molecule has 1 heterocycles. The first-order valence-electron chi connectivity index (χ1n) is 5.08. The quantitative estimate of drug-likeness (QED) is 0.775. The average Bonchev–Trinajstić information content (AvgIpc) is 2.66. The van der Waals surface area contributed by atoms with Crippen molar-refractivity contribution < 1.29 is 4.39 Å². The summed E-state index contributed by atoms with van der Waals surface area (Å²) in [6, 6.07) is 4.63. The van der Waals surface area contributed by atoms with E-state index in [0.29, 0.717) is 11.1 Å². The molecule has 0 radical (unpaired) electrons. The second-order valence-corrected chi connectivity index (χ2v) is 4.28. The number of halogens is 2. The normalized spacial score (nSPS) is 11.1. The number of aromatic nitrogens is 2. The van der Waals surface area contributed by atoms with Crippen LogP contribution in [0.5, 0.6) is 0 Å². The number of hydrogen-bond acceptors (Lipinski definition) is 1. The molecule has 1 aromatic carbocycles. The molecule has 2 rings (SSSR count). The molecule has 16 heavy (non-hydrogen) atoms. The van der Waals surface area contributed by atoms with E-state index in [-0.39, 0.29) is 5.82 Å². The minimum atomic E-state index is -0.337. The molecule has 84 valence electrons. The molecular weight excluding hydrogens is 227 g/mol. The van der Waals surface area contributed by atoms with Crippen LogP contribution in [0.1, 0.15) is 19.9 Å². The lowest BCUT2D eigenvalue weighted by Crippen LogP contribution is -2.02. The van der Waals surface area contributed by atoms with Gasteiger partial charge in [-0.2, -0.15) is 0 Å². The Morgan fingerprint density at radius 2 is 2.12 bits per heavy atom. The molecule has 0 unspecified atom stereocenters. The molecule has 0 aliphatic heterocycles. The zero-order valence-electron chi connectivity index (χ0n) is 9.11. The summed E-state index contributed by atoms with van der Waals surface area (Å²) in [6.45, 7) is 4.12. The second-order valence-electron chi connectivity index (χ2n) is 3.88. The largest absolute Gasteiger partial charge is 0.328 e. The highest BCUT2D eigenvalue weighted by atomic mass is 35.5. The van der Waals surface area contributed by atoms with Crippen LogP contribution >= 0.6 is 11.6 Å². The highest BCUT2D eigenvalue weighted by Gasteiger charge is 2.12. The van der Waals surface area contributed by atoms with Gasteiger partial charge in [-0.1, -0.05) is 11.6 Å². The van der Waals surface area contributed by atoms with Gasteiger partial charge in [-0.3, -0.25) is 0 Å².